The van der Waals surface area contributed by atoms with Crippen LogP contribution >= 0.6 is 0 Å². The maximum absolute atomic E-state index is 5.64. The normalized spacial score (nSPS) is 11.9. The monoisotopic (exact) mass is 1900 g/mol. The predicted molar refractivity (Wildman–Crippen MR) is 630 cm³/mol. The molecule has 0 amide bonds. The second-order valence-electron chi connectivity index (χ2n) is 39.4. The fourth-order valence-corrected chi connectivity index (χ4v) is 24.1. The van der Waals surface area contributed by atoms with Crippen molar-refractivity contribution in [2.45, 2.75) is 0 Å². The third-order valence-electron chi connectivity index (χ3n) is 31.0. The Kier molecular flexibility index (Phi) is 19.9. The van der Waals surface area contributed by atoms with Crippen molar-refractivity contribution >= 4 is 173 Å². The van der Waals surface area contributed by atoms with Crippen LogP contribution in [-0.2, 0) is 0 Å². The van der Waals surface area contributed by atoms with Gasteiger partial charge in [-0.05, 0) is 281 Å². The Morgan fingerprint density at radius 3 is 0.627 bits per heavy atom. The number of hydrogen-bond acceptors (Lipinski definition) is 4. The first kappa shape index (κ1) is 85.5. The van der Waals surface area contributed by atoms with Crippen LogP contribution in [0, 0.1) is 0 Å². The van der Waals surface area contributed by atoms with Gasteiger partial charge in [-0.25, -0.2) is 19.9 Å². The van der Waals surface area contributed by atoms with Crippen LogP contribution in [0.4, 0.5) is 0 Å². The van der Waals surface area contributed by atoms with Crippen molar-refractivity contribution < 1.29 is 0 Å². The van der Waals surface area contributed by atoms with Crippen molar-refractivity contribution in [1.82, 2.24) is 38.2 Å². The van der Waals surface area contributed by atoms with E-state index in [4.69, 9.17) is 19.9 Å². The average molecular weight is 1910 g/mol. The number of nitrogens with zero attached hydrogens (tertiary/aromatic N) is 8. The third kappa shape index (κ3) is 14.1. The summed E-state index contributed by atoms with van der Waals surface area (Å²) in [5.74, 6) is 1.25. The van der Waals surface area contributed by atoms with Crippen LogP contribution in [-0.4, -0.2) is 38.2 Å². The van der Waals surface area contributed by atoms with Crippen molar-refractivity contribution in [2.75, 3.05) is 0 Å². The zero-order valence-electron chi connectivity index (χ0n) is 81.4. The standard InChI is InChI=1S/C74H46N4.C68H42N4/c1-3-19-47(20-4-1)53-39-54(48-21-5-2-6-22-48)41-55(40-53)77-70-33-17-15-31-62(70)66-42-49(35-37-72(66)77)50-36-38-73-67(43-50)63-32-16-18-34-71(63)78(73)74-75-68(64-44-51-23-7-9-25-56(51)58-27-11-13-29-60(58)64)46-69(76-74)65-45-52-24-8-10-26-57(52)59-28-12-14-30-61(59)65;1-2-16-43(17-3-1)44-30-34-49(35-31-44)71-64-28-14-12-26-56(64)60-38-45(32-36-66(60)71)46-33-37-67-61(39-46)57-27-13-15-29-65(57)72(67)68-69-62(58-40-47-18-4-6-20-50(47)52-22-8-10-24-54(52)58)42-63(70-68)59-41-48-19-5-7-21-51(48)53-23-9-11-25-55(53)59/h1-46H;1-42H. The van der Waals surface area contributed by atoms with E-state index in [1.807, 2.05) is 0 Å². The number of fused-ring (bicyclic) bond motifs is 24. The molecule has 0 saturated heterocycles. The molecule has 0 bridgehead atoms. The fraction of sp³-hybridized carbons (Fsp3) is 0. The lowest BCUT2D eigenvalue weighted by atomic mass is 9.93. The smallest absolute Gasteiger partial charge is 0.235 e. The highest BCUT2D eigenvalue weighted by Gasteiger charge is 2.27. The molecular weight excluding hydrogens is 1820 g/mol. The maximum Gasteiger partial charge on any atom is 0.235 e. The van der Waals surface area contributed by atoms with Gasteiger partial charge in [0.05, 0.1) is 66.9 Å². The van der Waals surface area contributed by atoms with Crippen LogP contribution in [0.25, 0.3) is 297 Å². The highest BCUT2D eigenvalue weighted by atomic mass is 15.2. The molecule has 696 valence electrons. The van der Waals surface area contributed by atoms with Crippen molar-refractivity contribution in [3.05, 3.63) is 534 Å². The summed E-state index contributed by atoms with van der Waals surface area (Å²) in [4.78, 5) is 22.5. The summed E-state index contributed by atoms with van der Waals surface area (Å²) in [5, 5.41) is 28.4. The van der Waals surface area contributed by atoms with Crippen molar-refractivity contribution in [3.8, 4) is 124 Å². The second kappa shape index (κ2) is 34.9. The molecule has 6 aromatic heterocycles. The first-order valence-electron chi connectivity index (χ1n) is 51.4. The van der Waals surface area contributed by atoms with Crippen molar-refractivity contribution in [3.63, 3.8) is 0 Å². The molecule has 0 aliphatic rings. The van der Waals surface area contributed by atoms with E-state index in [0.717, 1.165) is 149 Å². The summed E-state index contributed by atoms with van der Waals surface area (Å²) >= 11 is 0. The van der Waals surface area contributed by atoms with Crippen LogP contribution in [0.3, 0.4) is 0 Å². The summed E-state index contributed by atoms with van der Waals surface area (Å²) < 4.78 is 9.38. The predicted octanol–water partition coefficient (Wildman–Crippen LogP) is 37.6. The topological polar surface area (TPSA) is 71.3 Å². The molecule has 0 atom stereocenters. The van der Waals surface area contributed by atoms with E-state index in [2.05, 4.69) is 552 Å². The maximum atomic E-state index is 5.64. The summed E-state index contributed by atoms with van der Waals surface area (Å²) in [6, 6.07) is 194. The molecule has 0 radical (unpaired) electrons. The molecule has 25 aromatic carbocycles. The summed E-state index contributed by atoms with van der Waals surface area (Å²) in [5.41, 5.74) is 30.7. The molecule has 8 nitrogen and oxygen atoms in total. The molecule has 0 saturated carbocycles. The fourth-order valence-electron chi connectivity index (χ4n) is 24.1. The molecule has 8 heteroatoms. The molecule has 150 heavy (non-hydrogen) atoms. The summed E-state index contributed by atoms with van der Waals surface area (Å²) in [7, 11) is 0. The van der Waals surface area contributed by atoms with Gasteiger partial charge in [-0.1, -0.05) is 394 Å². The first-order valence-corrected chi connectivity index (χ1v) is 51.4. The Morgan fingerprint density at radius 1 is 0.113 bits per heavy atom. The lowest BCUT2D eigenvalue weighted by Crippen LogP contribution is -2.04. The lowest BCUT2D eigenvalue weighted by Gasteiger charge is -2.16. The Labute approximate surface area is 863 Å². The number of para-hydroxylation sites is 4. The highest BCUT2D eigenvalue weighted by Crippen LogP contribution is 2.48. The molecular formula is C142H88N8. The first-order chi connectivity index (χ1) is 74.4. The Hall–Kier alpha value is -20.1. The minimum atomic E-state index is 0.622. The Balaban J connectivity index is 0.000000138. The largest absolute Gasteiger partial charge is 0.309 e. The zero-order valence-corrected chi connectivity index (χ0v) is 81.4. The van der Waals surface area contributed by atoms with Gasteiger partial charge in [0.2, 0.25) is 11.9 Å². The number of hydrogen-bond donors (Lipinski definition) is 0. The van der Waals surface area contributed by atoms with Gasteiger partial charge in [-0.15, -0.1) is 0 Å². The molecule has 0 aliphatic carbocycles. The van der Waals surface area contributed by atoms with Gasteiger partial charge in [-0.2, -0.15) is 0 Å². The molecule has 0 unspecified atom stereocenters. The van der Waals surface area contributed by atoms with E-state index in [9.17, 15) is 0 Å². The van der Waals surface area contributed by atoms with E-state index in [-0.39, 0.29) is 0 Å². The summed E-state index contributed by atoms with van der Waals surface area (Å²) in [6.07, 6.45) is 0. The average Bonchev–Trinajstić information content (AvgIpc) is 1.65. The molecule has 31 rings (SSSR count). The highest BCUT2D eigenvalue weighted by molar-refractivity contribution is 6.21. The SMILES string of the molecule is c1ccc(-c2cc(-c3ccccc3)cc(-n3c4ccccc4c4cc(-c5ccc6c(c5)c5ccccc5n6-c5nc(-c6cc7ccccc7c7ccccc67)cc(-c6cc7ccccc7c7ccccc67)n5)ccc43)c2)cc1.c1ccc(-c2ccc(-n3c4ccccc4c4cc(-c5ccc6c(c5)c5ccccc5n6-c5nc(-c6cc7ccccc7c7ccccc67)cc(-c6cc7ccccc7c7ccccc67)n5)ccc43)cc2)cc1. The van der Waals surface area contributed by atoms with E-state index in [0.29, 0.717) is 11.9 Å². The third-order valence-corrected chi connectivity index (χ3v) is 31.0. The second-order valence-corrected chi connectivity index (χ2v) is 39.4. The minimum absolute atomic E-state index is 0.622. The lowest BCUT2D eigenvalue weighted by molar-refractivity contribution is 0.996. The van der Waals surface area contributed by atoms with Crippen LogP contribution in [0.15, 0.2) is 534 Å². The van der Waals surface area contributed by atoms with Gasteiger partial charge in [0.15, 0.2) is 0 Å². The Bertz CT molecular complexity index is 10700. The van der Waals surface area contributed by atoms with Crippen LogP contribution in [0.5, 0.6) is 0 Å². The van der Waals surface area contributed by atoms with E-state index in [1.54, 1.807) is 0 Å². The number of aromatic nitrogens is 8. The van der Waals surface area contributed by atoms with Crippen LogP contribution in [0.2, 0.25) is 0 Å². The summed E-state index contributed by atoms with van der Waals surface area (Å²) in [6.45, 7) is 0. The van der Waals surface area contributed by atoms with Gasteiger partial charge in [0.1, 0.15) is 0 Å². The van der Waals surface area contributed by atoms with Gasteiger partial charge in [0, 0.05) is 76.7 Å². The van der Waals surface area contributed by atoms with Gasteiger partial charge >= 0.3 is 0 Å². The molecule has 0 aliphatic heterocycles. The van der Waals surface area contributed by atoms with Crippen molar-refractivity contribution in [2.24, 2.45) is 0 Å². The van der Waals surface area contributed by atoms with E-state index >= 15 is 0 Å². The molecule has 6 heterocycles. The zero-order chi connectivity index (χ0) is 98.5. The van der Waals surface area contributed by atoms with Gasteiger partial charge in [-0.3, -0.25) is 9.13 Å². The van der Waals surface area contributed by atoms with Crippen LogP contribution in [0.1, 0.15) is 0 Å². The van der Waals surface area contributed by atoms with E-state index in [1.165, 1.54) is 136 Å². The molecule has 31 aromatic rings. The molecule has 0 N–H and O–H groups in total. The van der Waals surface area contributed by atoms with Crippen molar-refractivity contribution in [1.29, 1.82) is 0 Å². The van der Waals surface area contributed by atoms with Gasteiger partial charge < -0.3 is 9.13 Å². The van der Waals surface area contributed by atoms with E-state index < -0.39 is 0 Å². The molecule has 0 spiro atoms. The number of benzene rings is 25. The Morgan fingerprint density at radius 2 is 0.327 bits per heavy atom. The van der Waals surface area contributed by atoms with Gasteiger partial charge in [0.25, 0.3) is 0 Å². The quantitative estimate of drug-likeness (QED) is 0.108. The molecule has 0 fully saturated rings. The minimum Gasteiger partial charge on any atom is -0.309 e. The number of rotatable bonds is 13. The van der Waals surface area contributed by atoms with Crippen LogP contribution < -0.4 is 0 Å².